The molecule has 0 atom stereocenters. The first-order valence-corrected chi connectivity index (χ1v) is 5.82. The topological polar surface area (TPSA) is 42.7 Å². The highest BCUT2D eigenvalue weighted by molar-refractivity contribution is 7.09. The minimum absolute atomic E-state index is 0.774. The van der Waals surface area contributed by atoms with Gasteiger partial charge in [0.05, 0.1) is 17.9 Å². The minimum Gasteiger partial charge on any atom is -0.376 e. The summed E-state index contributed by atoms with van der Waals surface area (Å²) in [6, 6.07) is 0. The van der Waals surface area contributed by atoms with E-state index < -0.39 is 0 Å². The predicted octanol–water partition coefficient (Wildman–Crippen LogP) is 2.05. The number of rotatable bonds is 4. The molecule has 5 heteroatoms. The zero-order valence-corrected chi connectivity index (χ0v) is 9.71. The van der Waals surface area contributed by atoms with Crippen molar-refractivity contribution in [1.82, 2.24) is 14.8 Å². The highest BCUT2D eigenvalue weighted by atomic mass is 32.1. The van der Waals surface area contributed by atoms with Gasteiger partial charge in [-0.2, -0.15) is 5.10 Å². The SMILES string of the molecule is CCc1nn(C)cc1NCc1nccs1. The number of hydrogen-bond donors (Lipinski definition) is 1. The first-order chi connectivity index (χ1) is 7.29. The van der Waals surface area contributed by atoms with Crippen molar-refractivity contribution in [3.63, 3.8) is 0 Å². The van der Waals surface area contributed by atoms with Gasteiger partial charge in [0.2, 0.25) is 0 Å². The molecule has 0 bridgehead atoms. The van der Waals surface area contributed by atoms with E-state index in [1.165, 1.54) is 0 Å². The van der Waals surface area contributed by atoms with Crippen LogP contribution in [0.2, 0.25) is 0 Å². The van der Waals surface area contributed by atoms with Crippen molar-refractivity contribution in [2.75, 3.05) is 5.32 Å². The van der Waals surface area contributed by atoms with Crippen LogP contribution in [0.4, 0.5) is 5.69 Å². The number of nitrogens with one attached hydrogen (secondary N) is 1. The predicted molar refractivity (Wildman–Crippen MR) is 62.0 cm³/mol. The van der Waals surface area contributed by atoms with Gasteiger partial charge in [-0.15, -0.1) is 11.3 Å². The van der Waals surface area contributed by atoms with Crippen molar-refractivity contribution in [2.45, 2.75) is 19.9 Å². The summed E-state index contributed by atoms with van der Waals surface area (Å²) in [5.41, 5.74) is 2.21. The van der Waals surface area contributed by atoms with Gasteiger partial charge in [0, 0.05) is 24.8 Å². The molecule has 2 rings (SSSR count). The van der Waals surface area contributed by atoms with Gasteiger partial charge in [-0.3, -0.25) is 4.68 Å². The van der Waals surface area contributed by atoms with Crippen molar-refractivity contribution < 1.29 is 0 Å². The number of thiazole rings is 1. The van der Waals surface area contributed by atoms with E-state index in [2.05, 4.69) is 22.3 Å². The fourth-order valence-electron chi connectivity index (χ4n) is 1.45. The second-order valence-electron chi connectivity index (χ2n) is 3.30. The average Bonchev–Trinajstić information content (AvgIpc) is 2.83. The van der Waals surface area contributed by atoms with Gasteiger partial charge in [-0.05, 0) is 6.42 Å². The molecule has 0 amide bonds. The zero-order chi connectivity index (χ0) is 10.7. The molecular weight excluding hydrogens is 208 g/mol. The second-order valence-corrected chi connectivity index (χ2v) is 4.28. The molecule has 0 saturated heterocycles. The Hall–Kier alpha value is -1.36. The van der Waals surface area contributed by atoms with Gasteiger partial charge in [-0.1, -0.05) is 6.92 Å². The summed E-state index contributed by atoms with van der Waals surface area (Å²) >= 11 is 1.66. The molecule has 0 aromatic carbocycles. The molecule has 0 fully saturated rings. The van der Waals surface area contributed by atoms with Crippen LogP contribution in [0, 0.1) is 0 Å². The van der Waals surface area contributed by atoms with Crippen molar-refractivity contribution in [2.24, 2.45) is 7.05 Å². The van der Waals surface area contributed by atoms with Gasteiger partial charge in [0.15, 0.2) is 0 Å². The molecular formula is C10H14N4S. The van der Waals surface area contributed by atoms with Crippen molar-refractivity contribution >= 4 is 17.0 Å². The lowest BCUT2D eigenvalue weighted by molar-refractivity contribution is 0.746. The monoisotopic (exact) mass is 222 g/mol. The normalized spacial score (nSPS) is 10.5. The third kappa shape index (κ3) is 2.36. The van der Waals surface area contributed by atoms with E-state index in [1.54, 1.807) is 11.3 Å². The van der Waals surface area contributed by atoms with E-state index in [0.29, 0.717) is 0 Å². The lowest BCUT2D eigenvalue weighted by Crippen LogP contribution is -1.99. The Morgan fingerprint density at radius 3 is 3.07 bits per heavy atom. The van der Waals surface area contributed by atoms with Crippen molar-refractivity contribution in [3.8, 4) is 0 Å². The molecule has 80 valence electrons. The van der Waals surface area contributed by atoms with Gasteiger partial charge >= 0.3 is 0 Å². The first kappa shape index (κ1) is 10.2. The number of hydrogen-bond acceptors (Lipinski definition) is 4. The summed E-state index contributed by atoms with van der Waals surface area (Å²) < 4.78 is 1.84. The number of anilines is 1. The lowest BCUT2D eigenvalue weighted by atomic mass is 10.3. The fourth-order valence-corrected chi connectivity index (χ4v) is 2.01. The third-order valence-corrected chi connectivity index (χ3v) is 2.93. The maximum Gasteiger partial charge on any atom is 0.112 e. The number of aryl methyl sites for hydroxylation is 2. The molecule has 0 spiro atoms. The van der Waals surface area contributed by atoms with E-state index in [4.69, 9.17) is 0 Å². The molecule has 4 nitrogen and oxygen atoms in total. The Labute approximate surface area is 93.0 Å². The molecule has 2 heterocycles. The van der Waals surface area contributed by atoms with Crippen LogP contribution >= 0.6 is 11.3 Å². The number of nitrogens with zero attached hydrogens (tertiary/aromatic N) is 3. The first-order valence-electron chi connectivity index (χ1n) is 4.94. The Balaban J connectivity index is 2.04. The summed E-state index contributed by atoms with van der Waals surface area (Å²) in [4.78, 5) is 4.22. The molecule has 0 aliphatic carbocycles. The van der Waals surface area contributed by atoms with Crippen molar-refractivity contribution in [1.29, 1.82) is 0 Å². The van der Waals surface area contributed by atoms with Crippen LogP contribution < -0.4 is 5.32 Å². The Kier molecular flexibility index (Phi) is 3.01. The quantitative estimate of drug-likeness (QED) is 0.861. The summed E-state index contributed by atoms with van der Waals surface area (Å²) in [6.45, 7) is 2.88. The van der Waals surface area contributed by atoms with Crippen LogP contribution in [0.5, 0.6) is 0 Å². The molecule has 15 heavy (non-hydrogen) atoms. The molecule has 1 N–H and O–H groups in total. The van der Waals surface area contributed by atoms with E-state index >= 15 is 0 Å². The molecule has 0 saturated carbocycles. The highest BCUT2D eigenvalue weighted by Gasteiger charge is 2.05. The lowest BCUT2D eigenvalue weighted by Gasteiger charge is -2.01. The summed E-state index contributed by atoms with van der Waals surface area (Å²) in [6.07, 6.45) is 4.78. The van der Waals surface area contributed by atoms with E-state index in [1.807, 2.05) is 29.5 Å². The summed E-state index contributed by atoms with van der Waals surface area (Å²) in [5.74, 6) is 0. The van der Waals surface area contributed by atoms with E-state index in [9.17, 15) is 0 Å². The van der Waals surface area contributed by atoms with Crippen LogP contribution in [-0.4, -0.2) is 14.8 Å². The Morgan fingerprint density at radius 2 is 2.40 bits per heavy atom. The smallest absolute Gasteiger partial charge is 0.112 e. The molecule has 2 aromatic heterocycles. The standard InChI is InChI=1S/C10H14N4S/c1-3-8-9(7-14(2)13-8)12-6-10-11-4-5-15-10/h4-5,7,12H,3,6H2,1-2H3. The summed E-state index contributed by atoms with van der Waals surface area (Å²) in [7, 11) is 1.94. The molecule has 0 radical (unpaired) electrons. The Bertz CT molecular complexity index is 419. The number of aromatic nitrogens is 3. The van der Waals surface area contributed by atoms with Crippen LogP contribution in [0.1, 0.15) is 17.6 Å². The van der Waals surface area contributed by atoms with Crippen molar-refractivity contribution in [3.05, 3.63) is 28.5 Å². The van der Waals surface area contributed by atoms with Crippen LogP contribution in [0.15, 0.2) is 17.8 Å². The maximum absolute atomic E-state index is 4.37. The summed E-state index contributed by atoms with van der Waals surface area (Å²) in [5, 5.41) is 10.8. The molecule has 0 aliphatic heterocycles. The van der Waals surface area contributed by atoms with E-state index in [-0.39, 0.29) is 0 Å². The molecule has 2 aromatic rings. The van der Waals surface area contributed by atoms with Crippen LogP contribution in [0.3, 0.4) is 0 Å². The van der Waals surface area contributed by atoms with Crippen LogP contribution in [-0.2, 0) is 20.0 Å². The maximum atomic E-state index is 4.37. The highest BCUT2D eigenvalue weighted by Crippen LogP contribution is 2.15. The van der Waals surface area contributed by atoms with Gasteiger partial charge in [0.25, 0.3) is 0 Å². The largest absolute Gasteiger partial charge is 0.376 e. The zero-order valence-electron chi connectivity index (χ0n) is 8.90. The van der Waals surface area contributed by atoms with Gasteiger partial charge in [-0.25, -0.2) is 4.98 Å². The third-order valence-electron chi connectivity index (χ3n) is 2.15. The van der Waals surface area contributed by atoms with Crippen LogP contribution in [0.25, 0.3) is 0 Å². The second kappa shape index (κ2) is 4.44. The molecule has 0 unspecified atom stereocenters. The fraction of sp³-hybridized carbons (Fsp3) is 0.400. The average molecular weight is 222 g/mol. The van der Waals surface area contributed by atoms with Gasteiger partial charge in [0.1, 0.15) is 5.01 Å². The van der Waals surface area contributed by atoms with E-state index in [0.717, 1.165) is 29.4 Å². The Morgan fingerprint density at radius 1 is 1.53 bits per heavy atom. The minimum atomic E-state index is 0.774. The molecule has 0 aliphatic rings. The van der Waals surface area contributed by atoms with Gasteiger partial charge < -0.3 is 5.32 Å².